The van der Waals surface area contributed by atoms with Crippen LogP contribution in [0.4, 0.5) is 0 Å². The maximum Gasteiger partial charge on any atom is 0.287 e. The molecule has 0 aliphatic rings. The third-order valence-electron chi connectivity index (χ3n) is 3.10. The Morgan fingerprint density at radius 3 is 2.68 bits per heavy atom. The Morgan fingerprint density at radius 2 is 1.95 bits per heavy atom. The van der Waals surface area contributed by atoms with E-state index in [1.54, 1.807) is 0 Å². The number of halogens is 2. The highest BCUT2D eigenvalue weighted by atomic mass is 35.5. The maximum absolute atomic E-state index is 11.9. The summed E-state index contributed by atoms with van der Waals surface area (Å²) in [6.07, 6.45) is 2.82. The number of nitrogens with zero attached hydrogens (tertiary/aromatic N) is 3. The zero-order chi connectivity index (χ0) is 15.7. The highest BCUT2D eigenvalue weighted by Crippen LogP contribution is 2.19. The Labute approximate surface area is 136 Å². The molecule has 0 atom stereocenters. The van der Waals surface area contributed by atoms with E-state index in [0.29, 0.717) is 11.6 Å². The van der Waals surface area contributed by atoms with Crippen LogP contribution in [0.2, 0.25) is 10.0 Å². The van der Waals surface area contributed by atoms with Gasteiger partial charge in [0.25, 0.3) is 5.56 Å². The second kappa shape index (κ2) is 5.94. The van der Waals surface area contributed by atoms with Crippen molar-refractivity contribution in [3.63, 3.8) is 0 Å². The Kier molecular flexibility index (Phi) is 4.00. The number of aryl methyl sites for hydroxylation is 1. The molecule has 0 fully saturated rings. The van der Waals surface area contributed by atoms with Gasteiger partial charge < -0.3 is 4.42 Å². The van der Waals surface area contributed by atoms with Crippen LogP contribution in [0, 0.1) is 6.92 Å². The van der Waals surface area contributed by atoms with Gasteiger partial charge in [-0.1, -0.05) is 40.9 Å². The van der Waals surface area contributed by atoms with Gasteiger partial charge in [-0.3, -0.25) is 4.79 Å². The summed E-state index contributed by atoms with van der Waals surface area (Å²) in [4.78, 5) is 16.3. The summed E-state index contributed by atoms with van der Waals surface area (Å²) >= 11 is 11.6. The van der Waals surface area contributed by atoms with Gasteiger partial charge in [-0.05, 0) is 19.1 Å². The van der Waals surface area contributed by atoms with Crippen LogP contribution < -0.4 is 5.56 Å². The monoisotopic (exact) mass is 335 g/mol. The van der Waals surface area contributed by atoms with Gasteiger partial charge in [0.1, 0.15) is 17.0 Å². The first-order valence-corrected chi connectivity index (χ1v) is 7.23. The summed E-state index contributed by atoms with van der Waals surface area (Å²) in [7, 11) is 0. The lowest BCUT2D eigenvalue weighted by atomic mass is 10.1. The van der Waals surface area contributed by atoms with Crippen molar-refractivity contribution in [2.45, 2.75) is 13.5 Å². The van der Waals surface area contributed by atoms with Gasteiger partial charge in [-0.2, -0.15) is 5.10 Å². The van der Waals surface area contributed by atoms with Crippen LogP contribution in [0.5, 0.6) is 0 Å². The molecule has 0 saturated carbocycles. The van der Waals surface area contributed by atoms with Gasteiger partial charge >= 0.3 is 0 Å². The van der Waals surface area contributed by atoms with E-state index in [4.69, 9.17) is 27.6 Å². The van der Waals surface area contributed by atoms with Crippen LogP contribution in [0.3, 0.4) is 0 Å². The van der Waals surface area contributed by atoms with Gasteiger partial charge in [-0.15, -0.1) is 0 Å². The molecule has 3 aromatic rings. The topological polar surface area (TPSA) is 60.9 Å². The van der Waals surface area contributed by atoms with Crippen LogP contribution in [-0.4, -0.2) is 14.8 Å². The third kappa shape index (κ3) is 2.91. The minimum absolute atomic E-state index is 0.0566. The molecule has 2 heterocycles. The second-order valence-electron chi connectivity index (χ2n) is 4.78. The van der Waals surface area contributed by atoms with Gasteiger partial charge in [0.2, 0.25) is 5.89 Å². The number of benzene rings is 1. The highest BCUT2D eigenvalue weighted by molar-refractivity contribution is 6.41. The molecular formula is C15H11Cl2N3O2. The van der Waals surface area contributed by atoms with Crippen molar-refractivity contribution >= 4 is 23.2 Å². The third-order valence-corrected chi connectivity index (χ3v) is 3.85. The molecule has 7 heteroatoms. The normalized spacial score (nSPS) is 10.9. The smallest absolute Gasteiger partial charge is 0.287 e. The predicted octanol–water partition coefficient (Wildman–Crippen LogP) is 3.56. The van der Waals surface area contributed by atoms with Crippen molar-refractivity contribution in [1.29, 1.82) is 0 Å². The van der Waals surface area contributed by atoms with Gasteiger partial charge in [0.05, 0.1) is 17.8 Å². The number of oxazole rings is 1. The molecule has 3 rings (SSSR count). The van der Waals surface area contributed by atoms with E-state index in [1.165, 1.54) is 17.1 Å². The van der Waals surface area contributed by atoms with Crippen molar-refractivity contribution in [1.82, 2.24) is 14.8 Å². The molecule has 0 aliphatic carbocycles. The summed E-state index contributed by atoms with van der Waals surface area (Å²) in [6.45, 7) is 2.16. The number of hydrogen-bond acceptors (Lipinski definition) is 4. The zero-order valence-corrected chi connectivity index (χ0v) is 13.1. The van der Waals surface area contributed by atoms with Gasteiger partial charge in [0, 0.05) is 5.56 Å². The Hall–Kier alpha value is -2.11. The molecular weight excluding hydrogens is 325 g/mol. The molecule has 0 amide bonds. The standard InChI is InChI=1S/C15H11Cl2N3O2/c1-9-2-4-10(5-3-9)14-19-11(8-22-14)7-20-15(21)13(17)12(16)6-18-20/h2-6,8H,7H2,1H3. The van der Waals surface area contributed by atoms with E-state index in [-0.39, 0.29) is 16.6 Å². The summed E-state index contributed by atoms with van der Waals surface area (Å²) in [6, 6.07) is 7.80. The minimum Gasteiger partial charge on any atom is -0.444 e. The average molecular weight is 336 g/mol. The maximum atomic E-state index is 11.9. The fourth-order valence-electron chi connectivity index (χ4n) is 1.92. The SMILES string of the molecule is Cc1ccc(-c2nc(Cn3ncc(Cl)c(Cl)c3=O)co2)cc1. The van der Waals surface area contributed by atoms with Crippen LogP contribution >= 0.6 is 23.2 Å². The van der Waals surface area contributed by atoms with Crippen molar-refractivity contribution in [3.8, 4) is 11.5 Å². The molecule has 0 saturated heterocycles. The molecule has 0 bridgehead atoms. The van der Waals surface area contributed by atoms with E-state index < -0.39 is 5.56 Å². The predicted molar refractivity (Wildman–Crippen MR) is 84.3 cm³/mol. The van der Waals surface area contributed by atoms with E-state index in [1.807, 2.05) is 31.2 Å². The van der Waals surface area contributed by atoms with E-state index in [0.717, 1.165) is 11.1 Å². The highest BCUT2D eigenvalue weighted by Gasteiger charge is 2.11. The lowest BCUT2D eigenvalue weighted by Crippen LogP contribution is -2.23. The first-order chi connectivity index (χ1) is 10.5. The largest absolute Gasteiger partial charge is 0.444 e. The van der Waals surface area contributed by atoms with Gasteiger partial charge in [0.15, 0.2) is 0 Å². The molecule has 22 heavy (non-hydrogen) atoms. The first-order valence-electron chi connectivity index (χ1n) is 6.47. The van der Waals surface area contributed by atoms with E-state index in [9.17, 15) is 4.79 Å². The summed E-state index contributed by atoms with van der Waals surface area (Å²) in [5.41, 5.74) is 2.13. The fourth-order valence-corrected chi connectivity index (χ4v) is 2.19. The van der Waals surface area contributed by atoms with Gasteiger partial charge in [-0.25, -0.2) is 9.67 Å². The van der Waals surface area contributed by atoms with E-state index in [2.05, 4.69) is 10.1 Å². The molecule has 2 aromatic heterocycles. The Balaban J connectivity index is 1.87. The Morgan fingerprint density at radius 1 is 1.23 bits per heavy atom. The lowest BCUT2D eigenvalue weighted by Gasteiger charge is -2.02. The average Bonchev–Trinajstić information content (AvgIpc) is 2.97. The molecule has 0 aliphatic heterocycles. The fraction of sp³-hybridized carbons (Fsp3) is 0.133. The van der Waals surface area contributed by atoms with Crippen LogP contribution in [-0.2, 0) is 6.54 Å². The summed E-state index contributed by atoms with van der Waals surface area (Å²) in [5, 5.41) is 4.01. The van der Waals surface area contributed by atoms with Crippen LogP contribution in [0.1, 0.15) is 11.3 Å². The molecule has 5 nitrogen and oxygen atoms in total. The van der Waals surface area contributed by atoms with Crippen molar-refractivity contribution in [2.24, 2.45) is 0 Å². The Bertz CT molecular complexity index is 869. The molecule has 0 radical (unpaired) electrons. The molecule has 0 spiro atoms. The van der Waals surface area contributed by atoms with Crippen molar-refractivity contribution in [3.05, 3.63) is 68.4 Å². The van der Waals surface area contributed by atoms with Crippen LogP contribution in [0.15, 0.2) is 45.9 Å². The minimum atomic E-state index is -0.464. The second-order valence-corrected chi connectivity index (χ2v) is 5.56. The molecule has 1 aromatic carbocycles. The zero-order valence-electron chi connectivity index (χ0n) is 11.6. The van der Waals surface area contributed by atoms with E-state index >= 15 is 0 Å². The number of rotatable bonds is 3. The molecule has 0 N–H and O–H groups in total. The summed E-state index contributed by atoms with van der Waals surface area (Å²) < 4.78 is 6.63. The van der Waals surface area contributed by atoms with Crippen LogP contribution in [0.25, 0.3) is 11.5 Å². The molecule has 112 valence electrons. The summed E-state index contributed by atoms with van der Waals surface area (Å²) in [5.74, 6) is 0.489. The number of aromatic nitrogens is 3. The number of hydrogen-bond donors (Lipinski definition) is 0. The quantitative estimate of drug-likeness (QED) is 0.734. The first kappa shape index (κ1) is 14.8. The van der Waals surface area contributed by atoms with Crippen molar-refractivity contribution < 1.29 is 4.42 Å². The van der Waals surface area contributed by atoms with Crippen molar-refractivity contribution in [2.75, 3.05) is 0 Å². The lowest BCUT2D eigenvalue weighted by molar-refractivity contribution is 0.567. The molecule has 0 unspecified atom stereocenters.